The van der Waals surface area contributed by atoms with Crippen molar-refractivity contribution < 1.29 is 18.1 Å². The molecule has 3 aromatic rings. The zero-order valence-corrected chi connectivity index (χ0v) is 12.8. The predicted molar refractivity (Wildman–Crippen MR) is 86.6 cm³/mol. The average molecular weight is 350 g/mol. The number of thiazole rings is 1. The van der Waals surface area contributed by atoms with Crippen LogP contribution in [0.3, 0.4) is 0 Å². The lowest BCUT2D eigenvalue weighted by molar-refractivity contribution is -0.384. The highest BCUT2D eigenvalue weighted by Gasteiger charge is 2.29. The number of aromatic nitrogens is 1. The van der Waals surface area contributed by atoms with Gasteiger partial charge in [-0.2, -0.15) is 13.2 Å². The van der Waals surface area contributed by atoms with Gasteiger partial charge in [0.15, 0.2) is 0 Å². The van der Waals surface area contributed by atoms with Crippen LogP contribution in [0, 0.1) is 10.1 Å². The third kappa shape index (κ3) is 3.43. The largest absolute Gasteiger partial charge is 0.416 e. The van der Waals surface area contributed by atoms with Gasteiger partial charge in [0.05, 0.1) is 20.7 Å². The Morgan fingerprint density at radius 1 is 1.08 bits per heavy atom. The van der Waals surface area contributed by atoms with Crippen molar-refractivity contribution in [3.05, 3.63) is 68.7 Å². The van der Waals surface area contributed by atoms with E-state index in [2.05, 4.69) is 4.98 Å². The molecule has 1 heterocycles. The summed E-state index contributed by atoms with van der Waals surface area (Å²) >= 11 is 1.34. The molecule has 0 bridgehead atoms. The first-order valence-electron chi connectivity index (χ1n) is 6.73. The predicted octanol–water partition coefficient (Wildman–Crippen LogP) is 5.39. The maximum Gasteiger partial charge on any atom is 0.416 e. The Balaban J connectivity index is 1.83. The Bertz CT molecular complexity index is 931. The Kier molecular flexibility index (Phi) is 4.06. The number of nitro benzene ring substituents is 1. The van der Waals surface area contributed by atoms with Gasteiger partial charge in [-0.05, 0) is 29.8 Å². The summed E-state index contributed by atoms with van der Waals surface area (Å²) in [5.74, 6) is 0. The second-order valence-corrected chi connectivity index (χ2v) is 5.98. The minimum atomic E-state index is -4.36. The third-order valence-corrected chi connectivity index (χ3v) is 4.26. The number of halogens is 3. The van der Waals surface area contributed by atoms with E-state index in [4.69, 9.17) is 0 Å². The van der Waals surface area contributed by atoms with E-state index in [1.807, 2.05) is 0 Å². The smallest absolute Gasteiger partial charge is 0.258 e. The van der Waals surface area contributed by atoms with Gasteiger partial charge in [0.1, 0.15) is 5.01 Å². The fourth-order valence-electron chi connectivity index (χ4n) is 2.07. The monoisotopic (exact) mass is 350 g/mol. The van der Waals surface area contributed by atoms with Crippen molar-refractivity contribution in [3.8, 4) is 0 Å². The zero-order chi connectivity index (χ0) is 17.3. The molecule has 0 aliphatic rings. The maximum atomic E-state index is 12.5. The van der Waals surface area contributed by atoms with Gasteiger partial charge in [0.25, 0.3) is 5.69 Å². The normalized spacial score (nSPS) is 12.1. The number of non-ortho nitro benzene ring substituents is 1. The van der Waals surface area contributed by atoms with Gasteiger partial charge in [-0.15, -0.1) is 11.3 Å². The van der Waals surface area contributed by atoms with Gasteiger partial charge in [-0.3, -0.25) is 10.1 Å². The molecule has 122 valence electrons. The van der Waals surface area contributed by atoms with E-state index in [9.17, 15) is 23.3 Å². The minimum Gasteiger partial charge on any atom is -0.258 e. The van der Waals surface area contributed by atoms with Gasteiger partial charge >= 0.3 is 6.18 Å². The van der Waals surface area contributed by atoms with E-state index in [-0.39, 0.29) is 5.69 Å². The summed E-state index contributed by atoms with van der Waals surface area (Å²) in [5.41, 5.74) is 0.382. The molecule has 8 heteroatoms. The van der Waals surface area contributed by atoms with Crippen molar-refractivity contribution in [3.63, 3.8) is 0 Å². The van der Waals surface area contributed by atoms with Crippen LogP contribution in [0.1, 0.15) is 16.1 Å². The van der Waals surface area contributed by atoms with Crippen LogP contribution in [0.25, 0.3) is 22.4 Å². The molecule has 0 aliphatic heterocycles. The second kappa shape index (κ2) is 6.04. The fourth-order valence-corrected chi connectivity index (χ4v) is 2.92. The first-order chi connectivity index (χ1) is 11.3. The molecule has 0 atom stereocenters. The van der Waals surface area contributed by atoms with Crippen LogP contribution in [0.4, 0.5) is 18.9 Å². The number of hydrogen-bond donors (Lipinski definition) is 0. The Morgan fingerprint density at radius 3 is 2.42 bits per heavy atom. The lowest BCUT2D eigenvalue weighted by atomic mass is 10.1. The SMILES string of the molecule is O=[N+]([O-])c1ccc2sc(C=Cc3ccc(C(F)(F)F)cc3)nc2c1. The molecular weight excluding hydrogens is 341 g/mol. The van der Waals surface area contributed by atoms with E-state index in [1.54, 1.807) is 18.2 Å². The molecule has 0 aliphatic carbocycles. The molecule has 0 fully saturated rings. The molecule has 1 aromatic heterocycles. The third-order valence-electron chi connectivity index (χ3n) is 3.25. The number of fused-ring (bicyclic) bond motifs is 1. The van der Waals surface area contributed by atoms with Crippen molar-refractivity contribution >= 4 is 39.4 Å². The van der Waals surface area contributed by atoms with Crippen molar-refractivity contribution in [1.82, 2.24) is 4.98 Å². The lowest BCUT2D eigenvalue weighted by Crippen LogP contribution is -2.03. The minimum absolute atomic E-state index is 0.0360. The maximum absolute atomic E-state index is 12.5. The summed E-state index contributed by atoms with van der Waals surface area (Å²) in [6, 6.07) is 9.20. The van der Waals surface area contributed by atoms with E-state index in [0.717, 1.165) is 16.8 Å². The van der Waals surface area contributed by atoms with Crippen LogP contribution in [-0.4, -0.2) is 9.91 Å². The summed E-state index contributed by atoms with van der Waals surface area (Å²) in [5, 5.41) is 11.4. The molecule has 0 unspecified atom stereocenters. The van der Waals surface area contributed by atoms with E-state index < -0.39 is 16.7 Å². The van der Waals surface area contributed by atoms with Crippen molar-refractivity contribution in [2.75, 3.05) is 0 Å². The number of hydrogen-bond acceptors (Lipinski definition) is 4. The number of rotatable bonds is 3. The molecule has 0 radical (unpaired) electrons. The van der Waals surface area contributed by atoms with Crippen LogP contribution in [0.15, 0.2) is 42.5 Å². The van der Waals surface area contributed by atoms with Gasteiger partial charge in [-0.1, -0.05) is 18.2 Å². The molecule has 24 heavy (non-hydrogen) atoms. The van der Waals surface area contributed by atoms with E-state index in [0.29, 0.717) is 16.1 Å². The van der Waals surface area contributed by atoms with Gasteiger partial charge in [-0.25, -0.2) is 4.98 Å². The summed E-state index contributed by atoms with van der Waals surface area (Å²) in [7, 11) is 0. The lowest BCUT2D eigenvalue weighted by Gasteiger charge is -2.05. The summed E-state index contributed by atoms with van der Waals surface area (Å²) in [4.78, 5) is 14.5. The first kappa shape index (κ1) is 16.1. The topological polar surface area (TPSA) is 56.0 Å². The van der Waals surface area contributed by atoms with Crippen LogP contribution in [0.5, 0.6) is 0 Å². The Morgan fingerprint density at radius 2 is 1.79 bits per heavy atom. The average Bonchev–Trinajstić information content (AvgIpc) is 2.94. The second-order valence-electron chi connectivity index (χ2n) is 4.91. The van der Waals surface area contributed by atoms with E-state index in [1.165, 1.54) is 35.6 Å². The van der Waals surface area contributed by atoms with Crippen LogP contribution in [-0.2, 0) is 6.18 Å². The molecule has 0 saturated carbocycles. The fraction of sp³-hybridized carbons (Fsp3) is 0.0625. The molecule has 3 rings (SSSR count). The van der Waals surface area contributed by atoms with Crippen molar-refractivity contribution in [2.24, 2.45) is 0 Å². The Labute approximate surface area is 138 Å². The number of benzene rings is 2. The van der Waals surface area contributed by atoms with Gasteiger partial charge in [0.2, 0.25) is 0 Å². The number of alkyl halides is 3. The van der Waals surface area contributed by atoms with Gasteiger partial charge in [0, 0.05) is 12.1 Å². The first-order valence-corrected chi connectivity index (χ1v) is 7.55. The highest BCUT2D eigenvalue weighted by atomic mass is 32.1. The van der Waals surface area contributed by atoms with E-state index >= 15 is 0 Å². The summed E-state index contributed by atoms with van der Waals surface area (Å²) in [6.45, 7) is 0. The zero-order valence-electron chi connectivity index (χ0n) is 11.9. The van der Waals surface area contributed by atoms with Crippen molar-refractivity contribution in [2.45, 2.75) is 6.18 Å². The summed E-state index contributed by atoms with van der Waals surface area (Å²) in [6.07, 6.45) is -1.05. The van der Waals surface area contributed by atoms with Gasteiger partial charge < -0.3 is 0 Å². The molecule has 2 aromatic carbocycles. The highest BCUT2D eigenvalue weighted by Crippen LogP contribution is 2.30. The standard InChI is InChI=1S/C16H9F3N2O2S/c17-16(18,19)11-4-1-10(2-5-11)3-8-15-20-13-9-12(21(22)23)6-7-14(13)24-15/h1-9H. The molecule has 0 saturated heterocycles. The quantitative estimate of drug-likeness (QED) is 0.470. The molecular formula is C16H9F3N2O2S. The Hall–Kier alpha value is -2.74. The number of nitrogens with zero attached hydrogens (tertiary/aromatic N) is 2. The molecule has 4 nitrogen and oxygen atoms in total. The number of nitro groups is 1. The highest BCUT2D eigenvalue weighted by molar-refractivity contribution is 7.19. The molecule has 0 N–H and O–H groups in total. The summed E-state index contributed by atoms with van der Waals surface area (Å²) < 4.78 is 38.3. The van der Waals surface area contributed by atoms with Crippen LogP contribution >= 0.6 is 11.3 Å². The van der Waals surface area contributed by atoms with Crippen molar-refractivity contribution in [1.29, 1.82) is 0 Å². The van der Waals surface area contributed by atoms with Crippen LogP contribution < -0.4 is 0 Å². The molecule has 0 amide bonds. The van der Waals surface area contributed by atoms with Crippen LogP contribution in [0.2, 0.25) is 0 Å². The molecule has 0 spiro atoms.